The number of aliphatic hydroxyl groups excluding tert-OH is 1. The minimum absolute atomic E-state index is 0.0410. The molecule has 1 unspecified atom stereocenters. The highest BCUT2D eigenvalue weighted by Gasteiger charge is 2.09. The lowest BCUT2D eigenvalue weighted by molar-refractivity contribution is 0.259. The number of pyridine rings is 1. The van der Waals surface area contributed by atoms with Crippen molar-refractivity contribution in [3.8, 4) is 0 Å². The predicted molar refractivity (Wildman–Crippen MR) is 62.6 cm³/mol. The van der Waals surface area contributed by atoms with Crippen molar-refractivity contribution in [2.45, 2.75) is 26.3 Å². The van der Waals surface area contributed by atoms with Crippen LogP contribution in [0.1, 0.15) is 20.3 Å². The van der Waals surface area contributed by atoms with Gasteiger partial charge in [0.2, 0.25) is 0 Å². The van der Waals surface area contributed by atoms with E-state index in [1.807, 2.05) is 12.1 Å². The maximum Gasteiger partial charge on any atom is 0.128 e. The van der Waals surface area contributed by atoms with Crippen LogP contribution < -0.4 is 11.1 Å². The molecule has 0 bridgehead atoms. The summed E-state index contributed by atoms with van der Waals surface area (Å²) in [6.45, 7) is 4.35. The van der Waals surface area contributed by atoms with Crippen molar-refractivity contribution in [1.82, 2.24) is 4.98 Å². The van der Waals surface area contributed by atoms with Crippen LogP contribution in [-0.4, -0.2) is 22.7 Å². The summed E-state index contributed by atoms with van der Waals surface area (Å²) in [4.78, 5) is 4.12. The van der Waals surface area contributed by atoms with E-state index in [4.69, 9.17) is 5.73 Å². The van der Waals surface area contributed by atoms with E-state index in [-0.39, 0.29) is 12.6 Å². The average molecular weight is 209 g/mol. The number of anilines is 2. The number of nitrogens with two attached hydrogens (primary N) is 1. The van der Waals surface area contributed by atoms with Gasteiger partial charge in [-0.05, 0) is 24.5 Å². The zero-order chi connectivity index (χ0) is 11.3. The number of hydrogen-bond donors (Lipinski definition) is 3. The number of nitrogens with zero attached hydrogens (tertiary/aromatic N) is 1. The van der Waals surface area contributed by atoms with Gasteiger partial charge in [0, 0.05) is 0 Å². The van der Waals surface area contributed by atoms with Crippen LogP contribution in [0.25, 0.3) is 0 Å². The molecule has 0 spiro atoms. The first-order chi connectivity index (χ1) is 7.11. The first-order valence-electron chi connectivity index (χ1n) is 5.21. The molecule has 1 heterocycles. The Hall–Kier alpha value is -1.29. The van der Waals surface area contributed by atoms with E-state index in [2.05, 4.69) is 24.1 Å². The predicted octanol–water partition coefficient (Wildman–Crippen LogP) is 1.48. The van der Waals surface area contributed by atoms with E-state index in [1.54, 1.807) is 6.07 Å². The van der Waals surface area contributed by atoms with Gasteiger partial charge in [0.15, 0.2) is 0 Å². The van der Waals surface area contributed by atoms with E-state index in [9.17, 15) is 5.11 Å². The third-order valence-electron chi connectivity index (χ3n) is 2.10. The summed E-state index contributed by atoms with van der Waals surface area (Å²) in [6.07, 6.45) is 0.910. The zero-order valence-electron chi connectivity index (χ0n) is 9.27. The molecule has 0 aliphatic heterocycles. The maximum absolute atomic E-state index is 9.18. The largest absolute Gasteiger partial charge is 0.394 e. The number of hydrogen-bond acceptors (Lipinski definition) is 4. The second kappa shape index (κ2) is 5.56. The van der Waals surface area contributed by atoms with Gasteiger partial charge in [-0.3, -0.25) is 0 Å². The van der Waals surface area contributed by atoms with Gasteiger partial charge in [-0.1, -0.05) is 19.9 Å². The SMILES string of the molecule is CC(C)CC(CO)Nc1cccc(N)n1. The molecule has 0 radical (unpaired) electrons. The van der Waals surface area contributed by atoms with Crippen molar-refractivity contribution in [2.24, 2.45) is 5.92 Å². The zero-order valence-corrected chi connectivity index (χ0v) is 9.27. The third-order valence-corrected chi connectivity index (χ3v) is 2.10. The molecule has 1 rings (SSSR count). The normalized spacial score (nSPS) is 12.8. The summed E-state index contributed by atoms with van der Waals surface area (Å²) in [5.74, 6) is 1.74. The van der Waals surface area contributed by atoms with E-state index >= 15 is 0 Å². The fraction of sp³-hybridized carbons (Fsp3) is 0.545. The highest BCUT2D eigenvalue weighted by molar-refractivity contribution is 5.42. The fourth-order valence-corrected chi connectivity index (χ4v) is 1.49. The minimum Gasteiger partial charge on any atom is -0.394 e. The Morgan fingerprint density at radius 3 is 2.73 bits per heavy atom. The van der Waals surface area contributed by atoms with Crippen LogP contribution >= 0.6 is 0 Å². The van der Waals surface area contributed by atoms with Crippen molar-refractivity contribution in [2.75, 3.05) is 17.7 Å². The number of nitrogen functional groups attached to an aromatic ring is 1. The lowest BCUT2D eigenvalue weighted by atomic mass is 10.0. The Morgan fingerprint density at radius 1 is 1.47 bits per heavy atom. The molecule has 4 N–H and O–H groups in total. The van der Waals surface area contributed by atoms with Crippen LogP contribution in [0.5, 0.6) is 0 Å². The van der Waals surface area contributed by atoms with Crippen LogP contribution in [0, 0.1) is 5.92 Å². The molecule has 0 amide bonds. The summed E-state index contributed by atoms with van der Waals surface area (Å²) in [7, 11) is 0. The fourth-order valence-electron chi connectivity index (χ4n) is 1.49. The third kappa shape index (κ3) is 4.16. The molecular formula is C11H19N3O. The quantitative estimate of drug-likeness (QED) is 0.687. The van der Waals surface area contributed by atoms with Crippen LogP contribution in [0.3, 0.4) is 0 Å². The van der Waals surface area contributed by atoms with Crippen molar-refractivity contribution in [3.63, 3.8) is 0 Å². The molecule has 4 heteroatoms. The Morgan fingerprint density at radius 2 is 2.20 bits per heavy atom. The van der Waals surface area contributed by atoms with Gasteiger partial charge < -0.3 is 16.2 Å². The molecule has 15 heavy (non-hydrogen) atoms. The Labute approximate surface area is 90.5 Å². The Bertz CT molecular complexity index is 302. The second-order valence-corrected chi connectivity index (χ2v) is 4.10. The van der Waals surface area contributed by atoms with Gasteiger partial charge in [0.05, 0.1) is 12.6 Å². The average Bonchev–Trinajstić information content (AvgIpc) is 2.16. The summed E-state index contributed by atoms with van der Waals surface area (Å²) in [6, 6.07) is 5.47. The number of nitrogens with one attached hydrogen (secondary N) is 1. The van der Waals surface area contributed by atoms with E-state index < -0.39 is 0 Å². The first-order valence-corrected chi connectivity index (χ1v) is 5.21. The molecule has 1 aromatic heterocycles. The van der Waals surface area contributed by atoms with Gasteiger partial charge in [0.25, 0.3) is 0 Å². The summed E-state index contributed by atoms with van der Waals surface area (Å²) >= 11 is 0. The molecule has 0 aliphatic rings. The molecule has 0 fully saturated rings. The topological polar surface area (TPSA) is 71.2 Å². The van der Waals surface area contributed by atoms with Gasteiger partial charge in [-0.15, -0.1) is 0 Å². The molecule has 84 valence electrons. The molecule has 4 nitrogen and oxygen atoms in total. The summed E-state index contributed by atoms with van der Waals surface area (Å²) in [5, 5.41) is 12.3. The molecule has 0 aromatic carbocycles. The molecule has 0 saturated carbocycles. The standard InChI is InChI=1S/C11H19N3O/c1-8(2)6-9(7-15)13-11-5-3-4-10(12)14-11/h3-5,8-9,15H,6-7H2,1-2H3,(H3,12,13,14). The highest BCUT2D eigenvalue weighted by Crippen LogP contribution is 2.11. The van der Waals surface area contributed by atoms with Gasteiger partial charge >= 0.3 is 0 Å². The van der Waals surface area contributed by atoms with Gasteiger partial charge in [0.1, 0.15) is 11.6 Å². The smallest absolute Gasteiger partial charge is 0.128 e. The van der Waals surface area contributed by atoms with Crippen molar-refractivity contribution >= 4 is 11.6 Å². The van der Waals surface area contributed by atoms with E-state index in [0.717, 1.165) is 12.2 Å². The van der Waals surface area contributed by atoms with Crippen molar-refractivity contribution in [3.05, 3.63) is 18.2 Å². The number of aliphatic hydroxyl groups is 1. The number of rotatable bonds is 5. The lowest BCUT2D eigenvalue weighted by Crippen LogP contribution is -2.26. The Balaban J connectivity index is 2.58. The van der Waals surface area contributed by atoms with Crippen LogP contribution in [0.2, 0.25) is 0 Å². The minimum atomic E-state index is 0.0410. The molecule has 1 atom stereocenters. The van der Waals surface area contributed by atoms with E-state index in [0.29, 0.717) is 11.7 Å². The summed E-state index contributed by atoms with van der Waals surface area (Å²) < 4.78 is 0. The monoisotopic (exact) mass is 209 g/mol. The number of aromatic nitrogens is 1. The lowest BCUT2D eigenvalue weighted by Gasteiger charge is -2.18. The van der Waals surface area contributed by atoms with Crippen LogP contribution in [-0.2, 0) is 0 Å². The van der Waals surface area contributed by atoms with Gasteiger partial charge in [-0.25, -0.2) is 4.98 Å². The van der Waals surface area contributed by atoms with Crippen LogP contribution in [0.15, 0.2) is 18.2 Å². The molecule has 0 saturated heterocycles. The highest BCUT2D eigenvalue weighted by atomic mass is 16.3. The van der Waals surface area contributed by atoms with E-state index in [1.165, 1.54) is 0 Å². The van der Waals surface area contributed by atoms with Crippen molar-refractivity contribution in [1.29, 1.82) is 0 Å². The molecule has 0 aliphatic carbocycles. The summed E-state index contributed by atoms with van der Waals surface area (Å²) in [5.41, 5.74) is 5.56. The van der Waals surface area contributed by atoms with Crippen molar-refractivity contribution < 1.29 is 5.11 Å². The maximum atomic E-state index is 9.18. The second-order valence-electron chi connectivity index (χ2n) is 4.10. The van der Waals surface area contributed by atoms with Gasteiger partial charge in [-0.2, -0.15) is 0 Å². The van der Waals surface area contributed by atoms with Crippen LogP contribution in [0.4, 0.5) is 11.6 Å². The Kier molecular flexibility index (Phi) is 4.37. The first kappa shape index (κ1) is 11.8. The molecule has 1 aromatic rings. The molecular weight excluding hydrogens is 190 g/mol.